The number of aromatic amines is 1. The zero-order valence-electron chi connectivity index (χ0n) is 8.82. The van der Waals surface area contributed by atoms with Crippen LogP contribution in [0, 0.1) is 0 Å². The fourth-order valence-electron chi connectivity index (χ4n) is 1.59. The highest BCUT2D eigenvalue weighted by molar-refractivity contribution is 9.10. The molecule has 0 amide bonds. The number of imidazole rings is 1. The summed E-state index contributed by atoms with van der Waals surface area (Å²) >= 11 is 3.29. The van der Waals surface area contributed by atoms with Gasteiger partial charge in [0.1, 0.15) is 0 Å². The number of nitrogens with one attached hydrogen (secondary N) is 1. The fraction of sp³-hybridized carbons (Fsp3) is 0.0909. The van der Waals surface area contributed by atoms with Gasteiger partial charge >= 0.3 is 0 Å². The summed E-state index contributed by atoms with van der Waals surface area (Å²) in [5, 5.41) is 0. The van der Waals surface area contributed by atoms with Gasteiger partial charge in [-0.15, -0.1) is 0 Å². The Kier molecular flexibility index (Phi) is 2.62. The second-order valence-electron chi connectivity index (χ2n) is 3.61. The number of H-pyrrole nitrogens is 1. The van der Waals surface area contributed by atoms with E-state index in [4.69, 9.17) is 4.42 Å². The number of fused-ring (bicyclic) bond motifs is 1. The number of pyridine rings is 1. The number of rotatable bonds is 2. The van der Waals surface area contributed by atoms with Gasteiger partial charge in [-0.1, -0.05) is 0 Å². The number of aromatic nitrogens is 3. The molecule has 0 unspecified atom stereocenters. The van der Waals surface area contributed by atoms with Gasteiger partial charge in [-0.2, -0.15) is 0 Å². The molecule has 3 aromatic heterocycles. The number of hydrogen-bond donors (Lipinski definition) is 1. The summed E-state index contributed by atoms with van der Waals surface area (Å²) in [6.45, 7) is 0. The Balaban J connectivity index is 2.07. The first-order valence-electron chi connectivity index (χ1n) is 5.03. The molecule has 1 N–H and O–H groups in total. The highest BCUT2D eigenvalue weighted by Gasteiger charge is 2.15. The maximum absolute atomic E-state index is 12.4. The van der Waals surface area contributed by atoms with E-state index in [9.17, 15) is 8.78 Å². The molecular weight excluding hydrogens is 308 g/mol. The highest BCUT2D eigenvalue weighted by Crippen LogP contribution is 2.27. The van der Waals surface area contributed by atoms with Gasteiger partial charge in [-0.3, -0.25) is 0 Å². The van der Waals surface area contributed by atoms with Crippen LogP contribution in [0.3, 0.4) is 0 Å². The van der Waals surface area contributed by atoms with Crippen LogP contribution in [0.1, 0.15) is 12.2 Å². The monoisotopic (exact) mass is 313 g/mol. The molecule has 0 atom stereocenters. The largest absolute Gasteiger partial charge is 0.452 e. The van der Waals surface area contributed by atoms with Gasteiger partial charge in [0.2, 0.25) is 0 Å². The average molecular weight is 314 g/mol. The van der Waals surface area contributed by atoms with Crippen LogP contribution in [-0.2, 0) is 0 Å². The molecule has 0 spiro atoms. The fourth-order valence-corrected chi connectivity index (χ4v) is 1.92. The van der Waals surface area contributed by atoms with Gasteiger partial charge in [-0.05, 0) is 34.1 Å². The third kappa shape index (κ3) is 1.90. The maximum Gasteiger partial charge on any atom is 0.295 e. The zero-order valence-corrected chi connectivity index (χ0v) is 10.4. The van der Waals surface area contributed by atoms with Crippen LogP contribution in [0.5, 0.6) is 0 Å². The van der Waals surface area contributed by atoms with E-state index < -0.39 is 6.43 Å². The van der Waals surface area contributed by atoms with Crippen LogP contribution in [0.25, 0.3) is 22.7 Å². The van der Waals surface area contributed by atoms with E-state index in [1.165, 1.54) is 12.1 Å². The molecule has 18 heavy (non-hydrogen) atoms. The maximum atomic E-state index is 12.4. The number of hydrogen-bond acceptors (Lipinski definition) is 3. The SMILES string of the molecule is FC(F)c1ccc(-c2nc3ncc(Br)cc3[nH]2)o1. The molecule has 0 aliphatic rings. The molecular formula is C11H6BrF2N3O. The van der Waals surface area contributed by atoms with Gasteiger partial charge in [0, 0.05) is 10.7 Å². The molecule has 0 radical (unpaired) electrons. The van der Waals surface area contributed by atoms with Gasteiger partial charge in [-0.25, -0.2) is 18.7 Å². The number of furan rings is 1. The minimum Gasteiger partial charge on any atom is -0.452 e. The van der Waals surface area contributed by atoms with Gasteiger partial charge in [0.05, 0.1) is 5.52 Å². The molecule has 0 saturated carbocycles. The first kappa shape index (κ1) is 11.3. The second-order valence-corrected chi connectivity index (χ2v) is 4.53. The summed E-state index contributed by atoms with van der Waals surface area (Å²) in [6, 6.07) is 4.49. The minimum absolute atomic E-state index is 0.263. The van der Waals surface area contributed by atoms with E-state index in [2.05, 4.69) is 30.9 Å². The molecule has 3 aromatic rings. The molecule has 3 rings (SSSR count). The van der Waals surface area contributed by atoms with Crippen molar-refractivity contribution in [3.05, 3.63) is 34.6 Å². The molecule has 4 nitrogen and oxygen atoms in total. The summed E-state index contributed by atoms with van der Waals surface area (Å²) in [4.78, 5) is 11.2. The molecule has 0 aliphatic carbocycles. The van der Waals surface area contributed by atoms with Crippen molar-refractivity contribution in [2.45, 2.75) is 6.43 Å². The van der Waals surface area contributed by atoms with E-state index in [0.29, 0.717) is 17.0 Å². The predicted molar refractivity (Wildman–Crippen MR) is 64.2 cm³/mol. The van der Waals surface area contributed by atoms with Crippen LogP contribution in [-0.4, -0.2) is 15.0 Å². The summed E-state index contributed by atoms with van der Waals surface area (Å²) in [5.74, 6) is 0.265. The normalized spacial score (nSPS) is 11.6. The summed E-state index contributed by atoms with van der Waals surface area (Å²) in [5.41, 5.74) is 1.21. The Morgan fingerprint density at radius 2 is 2.17 bits per heavy atom. The van der Waals surface area contributed by atoms with Crippen molar-refractivity contribution in [1.29, 1.82) is 0 Å². The molecule has 7 heteroatoms. The van der Waals surface area contributed by atoms with Crippen molar-refractivity contribution < 1.29 is 13.2 Å². The Morgan fingerprint density at radius 3 is 2.89 bits per heavy atom. The lowest BCUT2D eigenvalue weighted by molar-refractivity contribution is 0.122. The molecule has 0 fully saturated rings. The number of halogens is 3. The van der Waals surface area contributed by atoms with Gasteiger partial charge < -0.3 is 9.40 Å². The van der Waals surface area contributed by atoms with Crippen LogP contribution in [0.2, 0.25) is 0 Å². The van der Waals surface area contributed by atoms with Crippen LogP contribution < -0.4 is 0 Å². The Morgan fingerprint density at radius 1 is 1.33 bits per heavy atom. The molecule has 0 aromatic carbocycles. The van der Waals surface area contributed by atoms with E-state index >= 15 is 0 Å². The van der Waals surface area contributed by atoms with Crippen molar-refractivity contribution >= 4 is 27.1 Å². The van der Waals surface area contributed by atoms with Crippen LogP contribution >= 0.6 is 15.9 Å². The third-order valence-corrected chi connectivity index (χ3v) is 2.81. The lowest BCUT2D eigenvalue weighted by Gasteiger charge is -1.92. The third-order valence-electron chi connectivity index (χ3n) is 2.38. The Hall–Kier alpha value is -1.76. The van der Waals surface area contributed by atoms with Gasteiger partial charge in [0.25, 0.3) is 6.43 Å². The van der Waals surface area contributed by atoms with Crippen molar-refractivity contribution in [3.8, 4) is 11.6 Å². The first-order valence-corrected chi connectivity index (χ1v) is 5.82. The van der Waals surface area contributed by atoms with E-state index in [0.717, 1.165) is 4.47 Å². The number of alkyl halides is 2. The van der Waals surface area contributed by atoms with Crippen molar-refractivity contribution in [2.75, 3.05) is 0 Å². The summed E-state index contributed by atoms with van der Waals surface area (Å²) in [6.07, 6.45) is -1.02. The Bertz CT molecular complexity index is 707. The minimum atomic E-state index is -2.63. The van der Waals surface area contributed by atoms with Crippen LogP contribution in [0.4, 0.5) is 8.78 Å². The van der Waals surface area contributed by atoms with E-state index in [1.54, 1.807) is 12.3 Å². The summed E-state index contributed by atoms with van der Waals surface area (Å²) < 4.78 is 30.6. The second kappa shape index (κ2) is 4.16. The first-order chi connectivity index (χ1) is 8.63. The number of nitrogens with zero attached hydrogens (tertiary/aromatic N) is 2. The highest BCUT2D eigenvalue weighted by atomic mass is 79.9. The topological polar surface area (TPSA) is 54.7 Å². The van der Waals surface area contributed by atoms with Crippen molar-refractivity contribution in [1.82, 2.24) is 15.0 Å². The zero-order chi connectivity index (χ0) is 12.7. The summed E-state index contributed by atoms with van der Waals surface area (Å²) in [7, 11) is 0. The lowest BCUT2D eigenvalue weighted by Crippen LogP contribution is -1.78. The molecule has 0 aliphatic heterocycles. The molecule has 92 valence electrons. The van der Waals surface area contributed by atoms with E-state index in [-0.39, 0.29) is 11.5 Å². The molecule has 0 bridgehead atoms. The van der Waals surface area contributed by atoms with Crippen LogP contribution in [0.15, 0.2) is 33.3 Å². The van der Waals surface area contributed by atoms with Crippen molar-refractivity contribution in [3.63, 3.8) is 0 Å². The van der Waals surface area contributed by atoms with Crippen molar-refractivity contribution in [2.24, 2.45) is 0 Å². The van der Waals surface area contributed by atoms with E-state index in [1.807, 2.05) is 0 Å². The molecule has 3 heterocycles. The standard InChI is InChI=1S/C11H6BrF2N3O/c12-5-3-6-10(15-4-5)17-11(16-6)8-2-1-7(18-8)9(13)14/h1-4,9H,(H,15,16,17). The quantitative estimate of drug-likeness (QED) is 0.780. The molecule has 0 saturated heterocycles. The van der Waals surface area contributed by atoms with Gasteiger partial charge in [0.15, 0.2) is 23.0 Å². The smallest absolute Gasteiger partial charge is 0.295 e. The Labute approximate surface area is 108 Å². The predicted octanol–water partition coefficient (Wildman–Crippen LogP) is 3.92. The lowest BCUT2D eigenvalue weighted by atomic mass is 10.4. The average Bonchev–Trinajstić information content (AvgIpc) is 2.93.